The van der Waals surface area contributed by atoms with Gasteiger partial charge in [0.1, 0.15) is 0 Å². The zero-order chi connectivity index (χ0) is 12.3. The number of ether oxygens (including phenoxy) is 2. The molecule has 16 heavy (non-hydrogen) atoms. The molecule has 8 heteroatoms. The molecule has 0 aliphatic rings. The molecule has 0 saturated heterocycles. The van der Waals surface area contributed by atoms with Crippen LogP contribution in [0.1, 0.15) is 12.0 Å². The molecule has 0 bridgehead atoms. The second-order valence-corrected chi connectivity index (χ2v) is 2.65. The Labute approximate surface area is 89.0 Å². The maximum atomic E-state index is 12.7. The Morgan fingerprint density at radius 3 is 2.44 bits per heavy atom. The van der Waals surface area contributed by atoms with Gasteiger partial charge in [0.25, 0.3) is 6.43 Å². The van der Waals surface area contributed by atoms with Gasteiger partial charge in [0.05, 0.1) is 14.2 Å². The van der Waals surface area contributed by atoms with Crippen LogP contribution in [0.2, 0.25) is 0 Å². The van der Waals surface area contributed by atoms with Crippen molar-refractivity contribution in [3.05, 3.63) is 21.9 Å². The minimum atomic E-state index is -3.07. The molecule has 0 fully saturated rings. The van der Waals surface area contributed by atoms with Crippen molar-refractivity contribution >= 4 is 5.82 Å². The van der Waals surface area contributed by atoms with Gasteiger partial charge in [-0.3, -0.25) is 0 Å². The summed E-state index contributed by atoms with van der Waals surface area (Å²) in [7, 11) is 2.34. The molecule has 0 aliphatic heterocycles. The number of halogens is 2. The van der Waals surface area contributed by atoms with E-state index >= 15 is 0 Å². The van der Waals surface area contributed by atoms with Crippen LogP contribution in [0, 0.1) is 10.1 Å². The molecular formula is C8H8F2N2O4. The molecule has 1 aromatic heterocycles. The van der Waals surface area contributed by atoms with Crippen LogP contribution >= 0.6 is 0 Å². The van der Waals surface area contributed by atoms with Crippen LogP contribution in [0.3, 0.4) is 0 Å². The highest BCUT2D eigenvalue weighted by Crippen LogP contribution is 2.40. The van der Waals surface area contributed by atoms with Gasteiger partial charge in [-0.15, -0.1) is 0 Å². The zero-order valence-corrected chi connectivity index (χ0v) is 8.44. The lowest BCUT2D eigenvalue weighted by Crippen LogP contribution is -2.04. The highest BCUT2D eigenvalue weighted by Gasteiger charge is 2.31. The number of aromatic nitrogens is 1. The van der Waals surface area contributed by atoms with Crippen LogP contribution in [0.15, 0.2) is 6.20 Å². The van der Waals surface area contributed by atoms with Crippen molar-refractivity contribution in [2.45, 2.75) is 6.43 Å². The van der Waals surface area contributed by atoms with Crippen LogP contribution in [-0.4, -0.2) is 24.1 Å². The number of methoxy groups -OCH3 is 2. The smallest absolute Gasteiger partial charge is 0.376 e. The van der Waals surface area contributed by atoms with Crippen molar-refractivity contribution in [3.8, 4) is 11.5 Å². The van der Waals surface area contributed by atoms with Gasteiger partial charge >= 0.3 is 5.82 Å². The maximum Gasteiger partial charge on any atom is 0.376 e. The molecule has 1 rings (SSSR count). The minimum Gasteiger partial charge on any atom is -0.492 e. The molecule has 6 nitrogen and oxygen atoms in total. The lowest BCUT2D eigenvalue weighted by Gasteiger charge is -2.10. The maximum absolute atomic E-state index is 12.7. The highest BCUT2D eigenvalue weighted by atomic mass is 19.3. The van der Waals surface area contributed by atoms with E-state index in [4.69, 9.17) is 4.74 Å². The number of hydrogen-bond acceptors (Lipinski definition) is 5. The molecule has 0 atom stereocenters. The molecule has 1 aromatic rings. The normalized spacial score (nSPS) is 10.3. The summed E-state index contributed by atoms with van der Waals surface area (Å²) in [6.45, 7) is 0. The molecule has 0 spiro atoms. The Morgan fingerprint density at radius 2 is 2.06 bits per heavy atom. The summed E-state index contributed by atoms with van der Waals surface area (Å²) in [4.78, 5) is 12.8. The predicted octanol–water partition coefficient (Wildman–Crippen LogP) is 1.94. The highest BCUT2D eigenvalue weighted by molar-refractivity contribution is 5.53. The first-order valence-electron chi connectivity index (χ1n) is 4.06. The lowest BCUT2D eigenvalue weighted by atomic mass is 10.2. The Hall–Kier alpha value is -1.99. The fourth-order valence-corrected chi connectivity index (χ4v) is 1.18. The predicted molar refractivity (Wildman–Crippen MR) is 49.0 cm³/mol. The first kappa shape index (κ1) is 12.1. The van der Waals surface area contributed by atoms with Gasteiger partial charge in [0.15, 0.2) is 17.5 Å². The van der Waals surface area contributed by atoms with E-state index in [-0.39, 0.29) is 11.5 Å². The largest absolute Gasteiger partial charge is 0.492 e. The molecule has 0 radical (unpaired) electrons. The monoisotopic (exact) mass is 234 g/mol. The number of nitro groups is 1. The van der Waals surface area contributed by atoms with E-state index in [1.165, 1.54) is 7.11 Å². The summed E-state index contributed by atoms with van der Waals surface area (Å²) in [5.74, 6) is -1.39. The van der Waals surface area contributed by atoms with Gasteiger partial charge in [0.2, 0.25) is 5.75 Å². The van der Waals surface area contributed by atoms with E-state index in [0.29, 0.717) is 0 Å². The third kappa shape index (κ3) is 2.00. The fourth-order valence-electron chi connectivity index (χ4n) is 1.18. The lowest BCUT2D eigenvalue weighted by molar-refractivity contribution is -0.391. The number of nitrogens with zero attached hydrogens (tertiary/aromatic N) is 2. The van der Waals surface area contributed by atoms with E-state index in [1.807, 2.05) is 0 Å². The topological polar surface area (TPSA) is 74.5 Å². The first-order valence-corrected chi connectivity index (χ1v) is 4.06. The molecule has 0 N–H and O–H groups in total. The van der Waals surface area contributed by atoms with Gasteiger partial charge < -0.3 is 19.6 Å². The second-order valence-electron chi connectivity index (χ2n) is 2.65. The number of alkyl halides is 2. The van der Waals surface area contributed by atoms with Crippen molar-refractivity contribution in [2.75, 3.05) is 14.2 Å². The summed E-state index contributed by atoms with van der Waals surface area (Å²) in [6, 6.07) is 0. The molecule has 0 aromatic carbocycles. The van der Waals surface area contributed by atoms with Gasteiger partial charge in [-0.25, -0.2) is 8.78 Å². The van der Waals surface area contributed by atoms with E-state index in [2.05, 4.69) is 9.72 Å². The Bertz CT molecular complexity index is 411. The van der Waals surface area contributed by atoms with E-state index in [0.717, 1.165) is 13.3 Å². The van der Waals surface area contributed by atoms with Crippen molar-refractivity contribution in [3.63, 3.8) is 0 Å². The molecule has 0 unspecified atom stereocenters. The van der Waals surface area contributed by atoms with E-state index in [1.54, 1.807) is 0 Å². The van der Waals surface area contributed by atoms with Crippen molar-refractivity contribution in [2.24, 2.45) is 0 Å². The average Bonchev–Trinajstić information content (AvgIpc) is 2.26. The van der Waals surface area contributed by atoms with Gasteiger partial charge in [-0.1, -0.05) is 0 Å². The van der Waals surface area contributed by atoms with Crippen LogP contribution in [0.4, 0.5) is 14.6 Å². The zero-order valence-electron chi connectivity index (χ0n) is 8.44. The van der Waals surface area contributed by atoms with Crippen LogP contribution < -0.4 is 9.47 Å². The summed E-state index contributed by atoms with van der Waals surface area (Å²) < 4.78 is 34.7. The number of hydrogen-bond donors (Lipinski definition) is 0. The Balaban J connectivity index is 3.50. The standard InChI is InChI=1S/C8H8F2N2O4/c1-15-4-3-11-8(12(13)14)5(7(9)10)6(4)16-2/h3,7H,1-2H3. The Kier molecular flexibility index (Phi) is 3.54. The molecule has 88 valence electrons. The third-order valence-corrected chi connectivity index (χ3v) is 1.83. The number of pyridine rings is 1. The molecule has 1 heterocycles. The minimum absolute atomic E-state index is 0.0802. The molecule has 0 aliphatic carbocycles. The van der Waals surface area contributed by atoms with Crippen LogP contribution in [0.25, 0.3) is 0 Å². The summed E-state index contributed by atoms with van der Waals surface area (Å²) in [6.07, 6.45) is -2.11. The van der Waals surface area contributed by atoms with Crippen LogP contribution in [-0.2, 0) is 0 Å². The molecular weight excluding hydrogens is 226 g/mol. The first-order chi connectivity index (χ1) is 7.52. The van der Waals surface area contributed by atoms with Crippen molar-refractivity contribution in [1.29, 1.82) is 0 Å². The van der Waals surface area contributed by atoms with Gasteiger partial charge in [0, 0.05) is 0 Å². The SMILES string of the molecule is COc1cnc([N+](=O)[O-])c(C(F)F)c1OC. The van der Waals surface area contributed by atoms with E-state index in [9.17, 15) is 18.9 Å². The second kappa shape index (κ2) is 4.69. The third-order valence-electron chi connectivity index (χ3n) is 1.83. The molecule has 0 amide bonds. The van der Waals surface area contributed by atoms with Crippen LogP contribution in [0.5, 0.6) is 11.5 Å². The fraction of sp³-hybridized carbons (Fsp3) is 0.375. The van der Waals surface area contributed by atoms with Gasteiger partial charge in [-0.05, 0) is 9.91 Å². The summed E-state index contributed by atoms with van der Waals surface area (Å²) in [5.41, 5.74) is -0.883. The quantitative estimate of drug-likeness (QED) is 0.587. The van der Waals surface area contributed by atoms with Crippen molar-refractivity contribution in [1.82, 2.24) is 4.98 Å². The molecule has 0 saturated carbocycles. The summed E-state index contributed by atoms with van der Waals surface area (Å²) in [5, 5.41) is 10.5. The number of rotatable bonds is 4. The Morgan fingerprint density at radius 1 is 1.44 bits per heavy atom. The van der Waals surface area contributed by atoms with Crippen molar-refractivity contribution < 1.29 is 23.2 Å². The average molecular weight is 234 g/mol. The van der Waals surface area contributed by atoms with E-state index < -0.39 is 22.7 Å². The summed E-state index contributed by atoms with van der Waals surface area (Å²) >= 11 is 0. The van der Waals surface area contributed by atoms with Gasteiger partial charge in [-0.2, -0.15) is 0 Å².